The predicted molar refractivity (Wildman–Crippen MR) is 106 cm³/mol. The van der Waals surface area contributed by atoms with Gasteiger partial charge in [-0.25, -0.2) is 4.68 Å². The number of benzene rings is 1. The molecule has 7 heteroatoms. The fourth-order valence-electron chi connectivity index (χ4n) is 3.64. The van der Waals surface area contributed by atoms with Gasteiger partial charge in [0, 0.05) is 0 Å². The molecule has 0 saturated heterocycles. The molecule has 1 aliphatic carbocycles. The Bertz CT molecular complexity index is 1080. The van der Waals surface area contributed by atoms with E-state index in [1.165, 1.54) is 11.6 Å². The van der Waals surface area contributed by atoms with E-state index in [-0.39, 0.29) is 24.2 Å². The number of fused-ring (bicyclic) bond motifs is 1. The maximum Gasteiger partial charge on any atom is 0.290 e. The first-order valence-corrected chi connectivity index (χ1v) is 9.33. The summed E-state index contributed by atoms with van der Waals surface area (Å²) >= 11 is 0. The standard InChI is InChI=1S/C21H22N4O3/c1-13-9-10-19(28-13)18-11-16(22)21(27)25(24-18)12-20(26)23-17-8-4-6-14-5-2-3-7-15(14)17/h2-3,5,7,9-11,17H,4,6,8,12,22H2,1H3,(H,23,26)/t17-/m1/s1. The summed E-state index contributed by atoms with van der Waals surface area (Å²) in [5.74, 6) is 0.949. The van der Waals surface area contributed by atoms with Crippen molar-refractivity contribution in [2.24, 2.45) is 0 Å². The first kappa shape index (κ1) is 18.0. The number of nitrogens with one attached hydrogen (secondary N) is 1. The monoisotopic (exact) mass is 378 g/mol. The Morgan fingerprint density at radius 1 is 1.32 bits per heavy atom. The first-order valence-electron chi connectivity index (χ1n) is 9.33. The Balaban J connectivity index is 1.55. The summed E-state index contributed by atoms with van der Waals surface area (Å²) in [7, 11) is 0. The second kappa shape index (κ2) is 7.34. The molecule has 3 N–H and O–H groups in total. The minimum absolute atomic E-state index is 0.0230. The zero-order valence-electron chi connectivity index (χ0n) is 15.6. The van der Waals surface area contributed by atoms with Gasteiger partial charge in [-0.15, -0.1) is 0 Å². The second-order valence-electron chi connectivity index (χ2n) is 7.07. The van der Waals surface area contributed by atoms with Gasteiger partial charge in [0.15, 0.2) is 5.76 Å². The molecule has 2 heterocycles. The molecule has 144 valence electrons. The van der Waals surface area contributed by atoms with Crippen LogP contribution in [-0.2, 0) is 17.8 Å². The lowest BCUT2D eigenvalue weighted by atomic mass is 9.88. The van der Waals surface area contributed by atoms with Crippen LogP contribution in [0.1, 0.15) is 35.8 Å². The maximum atomic E-state index is 12.6. The summed E-state index contributed by atoms with van der Waals surface area (Å²) in [6.07, 6.45) is 2.91. The summed E-state index contributed by atoms with van der Waals surface area (Å²) in [6, 6.07) is 13.1. The second-order valence-corrected chi connectivity index (χ2v) is 7.07. The van der Waals surface area contributed by atoms with Crippen LogP contribution in [0.2, 0.25) is 0 Å². The van der Waals surface area contributed by atoms with Crippen molar-refractivity contribution in [1.82, 2.24) is 15.1 Å². The first-order chi connectivity index (χ1) is 13.5. The molecule has 3 aromatic rings. The van der Waals surface area contributed by atoms with Crippen LogP contribution in [0.4, 0.5) is 5.69 Å². The Morgan fingerprint density at radius 2 is 2.14 bits per heavy atom. The molecule has 0 fully saturated rings. The Kier molecular flexibility index (Phi) is 4.73. The van der Waals surface area contributed by atoms with Gasteiger partial charge in [-0.3, -0.25) is 9.59 Å². The lowest BCUT2D eigenvalue weighted by Crippen LogP contribution is -2.37. The molecule has 0 aliphatic heterocycles. The highest BCUT2D eigenvalue weighted by Gasteiger charge is 2.22. The van der Waals surface area contributed by atoms with Crippen LogP contribution in [0.15, 0.2) is 51.7 Å². The van der Waals surface area contributed by atoms with Crippen LogP contribution < -0.4 is 16.6 Å². The van der Waals surface area contributed by atoms with Crippen LogP contribution in [-0.4, -0.2) is 15.7 Å². The van der Waals surface area contributed by atoms with Crippen molar-refractivity contribution in [2.75, 3.05) is 5.73 Å². The third kappa shape index (κ3) is 3.55. The smallest absolute Gasteiger partial charge is 0.290 e. The zero-order chi connectivity index (χ0) is 19.7. The number of nitrogen functional groups attached to an aromatic ring is 1. The number of hydrogen-bond donors (Lipinski definition) is 2. The Morgan fingerprint density at radius 3 is 2.93 bits per heavy atom. The third-order valence-electron chi connectivity index (χ3n) is 4.99. The molecule has 0 radical (unpaired) electrons. The molecule has 28 heavy (non-hydrogen) atoms. The van der Waals surface area contributed by atoms with E-state index in [0.717, 1.165) is 35.3 Å². The molecule has 0 bridgehead atoms. The van der Waals surface area contributed by atoms with Gasteiger partial charge in [0.2, 0.25) is 5.91 Å². The third-order valence-corrected chi connectivity index (χ3v) is 4.99. The Labute approximate surface area is 162 Å². The molecular formula is C21H22N4O3. The number of aryl methyl sites for hydroxylation is 2. The van der Waals surface area contributed by atoms with Gasteiger partial charge in [-0.05, 0) is 55.5 Å². The maximum absolute atomic E-state index is 12.6. The molecule has 7 nitrogen and oxygen atoms in total. The van der Waals surface area contributed by atoms with Gasteiger partial charge < -0.3 is 15.5 Å². The molecule has 1 amide bonds. The number of nitrogens with zero attached hydrogens (tertiary/aromatic N) is 2. The molecule has 2 aromatic heterocycles. The number of anilines is 1. The van der Waals surface area contributed by atoms with E-state index in [0.29, 0.717) is 11.5 Å². The van der Waals surface area contributed by atoms with E-state index < -0.39 is 5.56 Å². The summed E-state index contributed by atoms with van der Waals surface area (Å²) in [5, 5.41) is 7.29. The molecule has 0 saturated carbocycles. The molecule has 4 rings (SSSR count). The van der Waals surface area contributed by atoms with Crippen LogP contribution in [0, 0.1) is 6.92 Å². The quantitative estimate of drug-likeness (QED) is 0.726. The van der Waals surface area contributed by atoms with Gasteiger partial charge in [0.1, 0.15) is 23.7 Å². The van der Waals surface area contributed by atoms with E-state index in [1.54, 1.807) is 12.1 Å². The lowest BCUT2D eigenvalue weighted by molar-refractivity contribution is -0.122. The summed E-state index contributed by atoms with van der Waals surface area (Å²) < 4.78 is 6.64. The average Bonchev–Trinajstić information content (AvgIpc) is 3.12. The van der Waals surface area contributed by atoms with E-state index >= 15 is 0 Å². The summed E-state index contributed by atoms with van der Waals surface area (Å²) in [6.45, 7) is 1.62. The number of amides is 1. The highest BCUT2D eigenvalue weighted by Crippen LogP contribution is 2.29. The Hall–Kier alpha value is -3.35. The van der Waals surface area contributed by atoms with Crippen LogP contribution in [0.5, 0.6) is 0 Å². The van der Waals surface area contributed by atoms with Crippen molar-refractivity contribution in [3.8, 4) is 11.5 Å². The van der Waals surface area contributed by atoms with Crippen molar-refractivity contribution in [2.45, 2.75) is 38.8 Å². The normalized spacial score (nSPS) is 15.8. The number of carbonyl (C=O) groups excluding carboxylic acids is 1. The number of hydrogen-bond acceptors (Lipinski definition) is 5. The largest absolute Gasteiger partial charge is 0.460 e. The molecule has 0 spiro atoms. The van der Waals surface area contributed by atoms with Crippen LogP contribution >= 0.6 is 0 Å². The number of aromatic nitrogens is 2. The van der Waals surface area contributed by atoms with Crippen LogP contribution in [0.3, 0.4) is 0 Å². The molecular weight excluding hydrogens is 356 g/mol. The van der Waals surface area contributed by atoms with Gasteiger partial charge in [-0.1, -0.05) is 24.3 Å². The predicted octanol–water partition coefficient (Wildman–Crippen LogP) is 2.59. The fraction of sp³-hybridized carbons (Fsp3) is 0.286. The molecule has 1 aliphatic rings. The topological polar surface area (TPSA) is 103 Å². The highest BCUT2D eigenvalue weighted by molar-refractivity contribution is 5.76. The minimum atomic E-state index is -0.494. The van der Waals surface area contributed by atoms with E-state index in [1.807, 2.05) is 25.1 Å². The highest BCUT2D eigenvalue weighted by atomic mass is 16.3. The van der Waals surface area contributed by atoms with Crippen molar-refractivity contribution in [1.29, 1.82) is 0 Å². The number of furan rings is 1. The van der Waals surface area contributed by atoms with E-state index in [2.05, 4.69) is 16.5 Å². The SMILES string of the molecule is Cc1ccc(-c2cc(N)c(=O)n(CC(=O)N[C@@H]3CCCc4ccccc43)n2)o1. The number of carbonyl (C=O) groups is 1. The van der Waals surface area contributed by atoms with Crippen molar-refractivity contribution < 1.29 is 9.21 Å². The zero-order valence-corrected chi connectivity index (χ0v) is 15.6. The summed E-state index contributed by atoms with van der Waals surface area (Å²) in [5.41, 5.74) is 8.19. The van der Waals surface area contributed by atoms with Crippen LogP contribution in [0.25, 0.3) is 11.5 Å². The van der Waals surface area contributed by atoms with E-state index in [9.17, 15) is 9.59 Å². The van der Waals surface area contributed by atoms with Crippen molar-refractivity contribution in [3.05, 3.63) is 69.7 Å². The summed E-state index contributed by atoms with van der Waals surface area (Å²) in [4.78, 5) is 25.0. The molecule has 0 unspecified atom stereocenters. The lowest BCUT2D eigenvalue weighted by Gasteiger charge is -2.26. The van der Waals surface area contributed by atoms with Gasteiger partial charge in [0.05, 0.1) is 6.04 Å². The molecule has 1 aromatic carbocycles. The van der Waals surface area contributed by atoms with E-state index in [4.69, 9.17) is 10.2 Å². The van der Waals surface area contributed by atoms with Gasteiger partial charge in [-0.2, -0.15) is 5.10 Å². The van der Waals surface area contributed by atoms with Gasteiger partial charge in [0.25, 0.3) is 5.56 Å². The average molecular weight is 378 g/mol. The fourth-order valence-corrected chi connectivity index (χ4v) is 3.64. The minimum Gasteiger partial charge on any atom is -0.460 e. The molecule has 1 atom stereocenters. The van der Waals surface area contributed by atoms with Gasteiger partial charge >= 0.3 is 0 Å². The number of rotatable bonds is 4. The van der Waals surface area contributed by atoms with Crippen molar-refractivity contribution in [3.63, 3.8) is 0 Å². The van der Waals surface area contributed by atoms with Crippen molar-refractivity contribution >= 4 is 11.6 Å². The number of nitrogens with two attached hydrogens (primary N) is 1.